The fourth-order valence-corrected chi connectivity index (χ4v) is 3.01. The summed E-state index contributed by atoms with van der Waals surface area (Å²) in [5.74, 6) is 0.344. The second-order valence-corrected chi connectivity index (χ2v) is 5.96. The standard InChI is InChI=1S/C15H15N5O2S/c1-8-6-9(2)17-14(16-8)23-10-4-5-11-12(7-10)19-13(18-11)20-15(21)22-3/h4-7H,1-3H3,(H2,18,19,20,21). The van der Waals surface area contributed by atoms with Gasteiger partial charge in [0.1, 0.15) is 0 Å². The number of nitrogens with one attached hydrogen (secondary N) is 2. The number of benzene rings is 1. The summed E-state index contributed by atoms with van der Waals surface area (Å²) in [7, 11) is 1.30. The molecule has 3 aromatic rings. The van der Waals surface area contributed by atoms with E-state index in [-0.39, 0.29) is 0 Å². The van der Waals surface area contributed by atoms with Gasteiger partial charge in [-0.1, -0.05) is 0 Å². The molecule has 0 unspecified atom stereocenters. The molecule has 0 aliphatic carbocycles. The lowest BCUT2D eigenvalue weighted by Gasteiger charge is -2.02. The number of hydrogen-bond donors (Lipinski definition) is 2. The first-order chi connectivity index (χ1) is 11.0. The highest BCUT2D eigenvalue weighted by atomic mass is 32.2. The average Bonchev–Trinajstić information content (AvgIpc) is 2.87. The van der Waals surface area contributed by atoms with Crippen molar-refractivity contribution >= 4 is 34.8 Å². The predicted octanol–water partition coefficient (Wildman–Crippen LogP) is 3.30. The summed E-state index contributed by atoms with van der Waals surface area (Å²) in [6.45, 7) is 3.89. The maximum absolute atomic E-state index is 11.2. The number of carbonyl (C=O) groups is 1. The van der Waals surface area contributed by atoms with E-state index in [1.165, 1.54) is 18.9 Å². The number of aryl methyl sites for hydroxylation is 2. The van der Waals surface area contributed by atoms with Crippen molar-refractivity contribution in [2.24, 2.45) is 0 Å². The van der Waals surface area contributed by atoms with E-state index in [1.807, 2.05) is 38.1 Å². The Morgan fingerprint density at radius 2 is 1.91 bits per heavy atom. The molecule has 1 aromatic carbocycles. The SMILES string of the molecule is COC(=O)Nc1nc2ccc(Sc3nc(C)cc(C)n3)cc2[nH]1. The van der Waals surface area contributed by atoms with Gasteiger partial charge in [-0.05, 0) is 49.9 Å². The van der Waals surface area contributed by atoms with E-state index < -0.39 is 6.09 Å². The van der Waals surface area contributed by atoms with Crippen LogP contribution in [0.3, 0.4) is 0 Å². The number of carbonyl (C=O) groups excluding carboxylic acids is 1. The Morgan fingerprint density at radius 3 is 2.61 bits per heavy atom. The first kappa shape index (κ1) is 15.3. The lowest BCUT2D eigenvalue weighted by molar-refractivity contribution is 0.186. The van der Waals surface area contributed by atoms with E-state index in [4.69, 9.17) is 0 Å². The quantitative estimate of drug-likeness (QED) is 0.716. The first-order valence-electron chi connectivity index (χ1n) is 6.88. The van der Waals surface area contributed by atoms with E-state index >= 15 is 0 Å². The lowest BCUT2D eigenvalue weighted by Crippen LogP contribution is -2.11. The van der Waals surface area contributed by atoms with Gasteiger partial charge in [0, 0.05) is 16.3 Å². The third-order valence-corrected chi connectivity index (χ3v) is 3.88. The van der Waals surface area contributed by atoms with Gasteiger partial charge in [0.2, 0.25) is 5.95 Å². The molecular formula is C15H15N5O2S. The molecule has 7 nitrogen and oxygen atoms in total. The average molecular weight is 329 g/mol. The van der Waals surface area contributed by atoms with Gasteiger partial charge in [-0.25, -0.2) is 19.7 Å². The van der Waals surface area contributed by atoms with Crippen LogP contribution >= 0.6 is 11.8 Å². The molecule has 8 heteroatoms. The Morgan fingerprint density at radius 1 is 1.17 bits per heavy atom. The monoisotopic (exact) mass is 329 g/mol. The Labute approximate surface area is 136 Å². The number of ether oxygens (including phenoxy) is 1. The molecule has 0 saturated heterocycles. The van der Waals surface area contributed by atoms with Gasteiger partial charge >= 0.3 is 6.09 Å². The van der Waals surface area contributed by atoms with Gasteiger partial charge in [0.15, 0.2) is 5.16 Å². The predicted molar refractivity (Wildman–Crippen MR) is 87.8 cm³/mol. The highest BCUT2D eigenvalue weighted by molar-refractivity contribution is 7.99. The molecule has 3 rings (SSSR count). The second kappa shape index (κ2) is 6.25. The molecule has 0 radical (unpaired) electrons. The number of nitrogens with zero attached hydrogens (tertiary/aromatic N) is 3. The number of methoxy groups -OCH3 is 1. The summed E-state index contributed by atoms with van der Waals surface area (Å²) in [6, 6.07) is 7.69. The topological polar surface area (TPSA) is 92.8 Å². The molecule has 118 valence electrons. The van der Waals surface area contributed by atoms with Crippen LogP contribution in [-0.2, 0) is 4.74 Å². The number of amides is 1. The highest BCUT2D eigenvalue weighted by Crippen LogP contribution is 2.28. The zero-order valence-electron chi connectivity index (χ0n) is 12.9. The molecular weight excluding hydrogens is 314 g/mol. The Hall–Kier alpha value is -2.61. The van der Waals surface area contributed by atoms with Crippen molar-refractivity contribution in [1.82, 2.24) is 19.9 Å². The van der Waals surface area contributed by atoms with Crippen molar-refractivity contribution in [3.63, 3.8) is 0 Å². The number of imidazole rings is 1. The maximum atomic E-state index is 11.2. The number of aromatic nitrogens is 4. The summed E-state index contributed by atoms with van der Waals surface area (Å²) in [4.78, 5) is 28.3. The number of aromatic amines is 1. The van der Waals surface area contributed by atoms with Crippen molar-refractivity contribution in [2.45, 2.75) is 23.9 Å². The summed E-state index contributed by atoms with van der Waals surface area (Å²) >= 11 is 1.48. The molecule has 0 atom stereocenters. The molecule has 0 fully saturated rings. The van der Waals surface area contributed by atoms with Crippen molar-refractivity contribution in [2.75, 3.05) is 12.4 Å². The summed E-state index contributed by atoms with van der Waals surface area (Å²) < 4.78 is 4.54. The van der Waals surface area contributed by atoms with E-state index in [2.05, 4.69) is 30.0 Å². The first-order valence-corrected chi connectivity index (χ1v) is 7.70. The molecule has 2 heterocycles. The lowest BCUT2D eigenvalue weighted by atomic mass is 10.3. The zero-order chi connectivity index (χ0) is 16.4. The Bertz CT molecular complexity index is 857. The van der Waals surface area contributed by atoms with E-state index in [9.17, 15) is 4.79 Å². The van der Waals surface area contributed by atoms with E-state index in [0.717, 1.165) is 27.3 Å². The molecule has 23 heavy (non-hydrogen) atoms. The smallest absolute Gasteiger partial charge is 0.413 e. The molecule has 0 aliphatic rings. The maximum Gasteiger partial charge on any atom is 0.413 e. The normalized spacial score (nSPS) is 10.7. The van der Waals surface area contributed by atoms with Gasteiger partial charge in [-0.15, -0.1) is 0 Å². The molecule has 2 N–H and O–H groups in total. The summed E-state index contributed by atoms with van der Waals surface area (Å²) in [6.07, 6.45) is -0.567. The molecule has 2 aromatic heterocycles. The van der Waals surface area contributed by atoms with Gasteiger partial charge < -0.3 is 9.72 Å². The number of fused-ring (bicyclic) bond motifs is 1. The van der Waals surface area contributed by atoms with Crippen LogP contribution in [0.15, 0.2) is 34.3 Å². The largest absolute Gasteiger partial charge is 0.453 e. The van der Waals surface area contributed by atoms with Gasteiger partial charge in [-0.2, -0.15) is 0 Å². The van der Waals surface area contributed by atoms with Crippen LogP contribution in [0.5, 0.6) is 0 Å². The molecule has 0 spiro atoms. The van der Waals surface area contributed by atoms with Gasteiger partial charge in [-0.3, -0.25) is 5.32 Å². The number of rotatable bonds is 3. The minimum atomic E-state index is -0.567. The van der Waals surface area contributed by atoms with Crippen LogP contribution in [0, 0.1) is 13.8 Å². The summed E-state index contributed by atoms with van der Waals surface area (Å²) in [5.41, 5.74) is 3.44. The Balaban J connectivity index is 1.86. The van der Waals surface area contributed by atoms with E-state index in [0.29, 0.717) is 11.1 Å². The fourth-order valence-electron chi connectivity index (χ4n) is 2.10. The highest BCUT2D eigenvalue weighted by Gasteiger charge is 2.09. The van der Waals surface area contributed by atoms with Crippen LogP contribution in [0.1, 0.15) is 11.4 Å². The van der Waals surface area contributed by atoms with E-state index in [1.54, 1.807) is 0 Å². The van der Waals surface area contributed by atoms with Crippen molar-refractivity contribution < 1.29 is 9.53 Å². The van der Waals surface area contributed by atoms with Gasteiger partial charge in [0.05, 0.1) is 18.1 Å². The third-order valence-electron chi connectivity index (χ3n) is 3.03. The third kappa shape index (κ3) is 3.59. The summed E-state index contributed by atoms with van der Waals surface area (Å²) in [5, 5.41) is 3.21. The minimum absolute atomic E-state index is 0.344. The van der Waals surface area contributed by atoms with Crippen molar-refractivity contribution in [3.8, 4) is 0 Å². The number of anilines is 1. The van der Waals surface area contributed by atoms with Gasteiger partial charge in [0.25, 0.3) is 0 Å². The van der Waals surface area contributed by atoms with Crippen LogP contribution in [0.4, 0.5) is 10.7 Å². The fraction of sp³-hybridized carbons (Fsp3) is 0.200. The van der Waals surface area contributed by atoms with Crippen LogP contribution in [0.25, 0.3) is 11.0 Å². The molecule has 0 bridgehead atoms. The zero-order valence-corrected chi connectivity index (χ0v) is 13.7. The van der Waals surface area contributed by atoms with Crippen molar-refractivity contribution in [3.05, 3.63) is 35.7 Å². The molecule has 0 aliphatic heterocycles. The van der Waals surface area contributed by atoms with Crippen LogP contribution in [-0.4, -0.2) is 33.1 Å². The molecule has 1 amide bonds. The second-order valence-electron chi connectivity index (χ2n) is 4.92. The number of hydrogen-bond acceptors (Lipinski definition) is 6. The minimum Gasteiger partial charge on any atom is -0.453 e. The van der Waals surface area contributed by atoms with Crippen LogP contribution in [0.2, 0.25) is 0 Å². The number of H-pyrrole nitrogens is 1. The van der Waals surface area contributed by atoms with Crippen molar-refractivity contribution in [1.29, 1.82) is 0 Å². The van der Waals surface area contributed by atoms with Crippen LogP contribution < -0.4 is 5.32 Å². The molecule has 0 saturated carbocycles. The Kier molecular flexibility index (Phi) is 4.16.